The van der Waals surface area contributed by atoms with Crippen molar-refractivity contribution in [1.29, 1.82) is 0 Å². The van der Waals surface area contributed by atoms with Gasteiger partial charge in [0.15, 0.2) is 0 Å². The summed E-state index contributed by atoms with van der Waals surface area (Å²) in [7, 11) is 0. The minimum atomic E-state index is -0.153. The van der Waals surface area contributed by atoms with Crippen LogP contribution in [-0.4, -0.2) is 20.7 Å². The molecule has 27 heavy (non-hydrogen) atoms. The van der Waals surface area contributed by atoms with E-state index < -0.39 is 0 Å². The third-order valence-corrected chi connectivity index (χ3v) is 5.04. The first-order valence-corrected chi connectivity index (χ1v) is 9.47. The van der Waals surface area contributed by atoms with Crippen LogP contribution < -0.4 is 0 Å². The molecule has 2 heterocycles. The van der Waals surface area contributed by atoms with E-state index in [-0.39, 0.29) is 5.91 Å². The van der Waals surface area contributed by atoms with Crippen LogP contribution in [0.3, 0.4) is 0 Å². The Labute approximate surface area is 166 Å². The van der Waals surface area contributed by atoms with Crippen LogP contribution in [0.4, 0.5) is 0 Å². The van der Waals surface area contributed by atoms with Crippen LogP contribution in [0.5, 0.6) is 0 Å². The summed E-state index contributed by atoms with van der Waals surface area (Å²) in [6.07, 6.45) is 0. The fourth-order valence-electron chi connectivity index (χ4n) is 3.20. The van der Waals surface area contributed by atoms with Crippen molar-refractivity contribution in [3.05, 3.63) is 81.6 Å². The van der Waals surface area contributed by atoms with Crippen molar-refractivity contribution in [3.8, 4) is 11.3 Å². The number of hydrogen-bond acceptors (Lipinski definition) is 3. The Kier molecular flexibility index (Phi) is 4.40. The zero-order valence-corrected chi connectivity index (χ0v) is 16.9. The topological polar surface area (TPSA) is 47.8 Å². The Morgan fingerprint density at radius 2 is 1.70 bits per heavy atom. The first-order valence-electron chi connectivity index (χ1n) is 8.68. The van der Waals surface area contributed by atoms with Gasteiger partial charge >= 0.3 is 0 Å². The minimum Gasteiger partial charge on any atom is -0.267 e. The van der Waals surface area contributed by atoms with Crippen LogP contribution >= 0.6 is 15.9 Å². The molecule has 0 aliphatic rings. The lowest BCUT2D eigenvalue weighted by molar-refractivity contribution is 0.0944. The summed E-state index contributed by atoms with van der Waals surface area (Å²) in [5, 5.41) is 5.17. The maximum absolute atomic E-state index is 13.3. The van der Waals surface area contributed by atoms with Crippen LogP contribution in [0, 0.1) is 20.8 Å². The molecule has 0 aliphatic heterocycles. The largest absolute Gasteiger partial charge is 0.279 e. The molecule has 0 radical (unpaired) electrons. The molecule has 0 amide bonds. The standard InChI is InChI=1S/C22H18BrN3O/c1-13-4-6-16(7-5-13)21-12-19(18-11-17(23)8-9-20(18)24-21)22(27)26-15(3)10-14(2)25-26/h4-12H,1-3H3. The van der Waals surface area contributed by atoms with E-state index in [2.05, 4.69) is 21.0 Å². The predicted octanol–water partition coefficient (Wildman–Crippen LogP) is 5.47. The molecule has 0 unspecified atom stereocenters. The van der Waals surface area contributed by atoms with Crippen molar-refractivity contribution in [2.24, 2.45) is 0 Å². The molecule has 0 fully saturated rings. The summed E-state index contributed by atoms with van der Waals surface area (Å²) in [6.45, 7) is 5.82. The normalized spacial score (nSPS) is 11.1. The highest BCUT2D eigenvalue weighted by Crippen LogP contribution is 2.28. The van der Waals surface area contributed by atoms with Crippen LogP contribution in [0.25, 0.3) is 22.2 Å². The summed E-state index contributed by atoms with van der Waals surface area (Å²) in [6, 6.07) is 17.7. The van der Waals surface area contributed by atoms with Crippen LogP contribution in [-0.2, 0) is 0 Å². The molecule has 4 nitrogen and oxygen atoms in total. The van der Waals surface area contributed by atoms with Crippen LogP contribution in [0.15, 0.2) is 59.1 Å². The lowest BCUT2D eigenvalue weighted by atomic mass is 10.0. The number of carbonyl (C=O) groups is 1. The first-order chi connectivity index (χ1) is 12.9. The number of carbonyl (C=O) groups excluding carboxylic acids is 1. The smallest absolute Gasteiger partial charge is 0.267 e. The fraction of sp³-hybridized carbons (Fsp3) is 0.136. The Morgan fingerprint density at radius 3 is 2.37 bits per heavy atom. The van der Waals surface area contributed by atoms with Gasteiger partial charge in [-0.1, -0.05) is 45.8 Å². The molecule has 0 saturated heterocycles. The Bertz CT molecular complexity index is 1180. The van der Waals surface area contributed by atoms with E-state index in [0.717, 1.165) is 38.0 Å². The number of nitrogens with zero attached hydrogens (tertiary/aromatic N) is 3. The number of aryl methyl sites for hydroxylation is 3. The molecule has 0 atom stereocenters. The van der Waals surface area contributed by atoms with Crippen molar-refractivity contribution in [3.63, 3.8) is 0 Å². The van der Waals surface area contributed by atoms with Crippen LogP contribution in [0.1, 0.15) is 27.3 Å². The summed E-state index contributed by atoms with van der Waals surface area (Å²) in [5.41, 5.74) is 5.93. The molecule has 0 bridgehead atoms. The van der Waals surface area contributed by atoms with Gasteiger partial charge in [-0.25, -0.2) is 9.67 Å². The van der Waals surface area contributed by atoms with Crippen molar-refractivity contribution in [2.75, 3.05) is 0 Å². The fourth-order valence-corrected chi connectivity index (χ4v) is 3.56. The first kappa shape index (κ1) is 17.6. The highest BCUT2D eigenvalue weighted by atomic mass is 79.9. The number of pyridine rings is 1. The second kappa shape index (κ2) is 6.74. The molecule has 4 aromatic rings. The molecule has 2 aromatic carbocycles. The van der Waals surface area contributed by atoms with E-state index in [1.165, 1.54) is 10.2 Å². The van der Waals surface area contributed by atoms with E-state index in [9.17, 15) is 4.79 Å². The quantitative estimate of drug-likeness (QED) is 0.432. The summed E-state index contributed by atoms with van der Waals surface area (Å²) >= 11 is 3.50. The molecule has 0 spiro atoms. The number of hydrogen-bond donors (Lipinski definition) is 0. The van der Waals surface area contributed by atoms with Gasteiger partial charge in [-0.3, -0.25) is 4.79 Å². The number of aromatic nitrogens is 3. The average Bonchev–Trinajstić information content (AvgIpc) is 2.99. The average molecular weight is 420 g/mol. The van der Waals surface area contributed by atoms with Crippen molar-refractivity contribution in [1.82, 2.24) is 14.8 Å². The molecule has 134 valence electrons. The van der Waals surface area contributed by atoms with E-state index in [1.807, 2.05) is 75.4 Å². The molecule has 0 N–H and O–H groups in total. The molecule has 2 aromatic heterocycles. The van der Waals surface area contributed by atoms with Gasteiger partial charge in [0.05, 0.1) is 22.5 Å². The van der Waals surface area contributed by atoms with Gasteiger partial charge in [-0.05, 0) is 51.1 Å². The van der Waals surface area contributed by atoms with Crippen molar-refractivity contribution >= 4 is 32.7 Å². The SMILES string of the molecule is Cc1ccc(-c2cc(C(=O)n3nc(C)cc3C)c3cc(Br)ccc3n2)cc1. The molecule has 5 heteroatoms. The molecular formula is C22H18BrN3O. The Morgan fingerprint density at radius 1 is 0.963 bits per heavy atom. The molecule has 0 saturated carbocycles. The summed E-state index contributed by atoms with van der Waals surface area (Å²) in [4.78, 5) is 18.1. The monoisotopic (exact) mass is 419 g/mol. The van der Waals surface area contributed by atoms with Gasteiger partial charge in [-0.2, -0.15) is 5.10 Å². The lowest BCUT2D eigenvalue weighted by Gasteiger charge is -2.11. The van der Waals surface area contributed by atoms with Crippen molar-refractivity contribution < 1.29 is 4.79 Å². The predicted molar refractivity (Wildman–Crippen MR) is 111 cm³/mol. The zero-order valence-electron chi connectivity index (χ0n) is 15.3. The van der Waals surface area contributed by atoms with E-state index in [0.29, 0.717) is 5.56 Å². The molecule has 0 aliphatic carbocycles. The maximum atomic E-state index is 13.3. The third-order valence-electron chi connectivity index (χ3n) is 4.55. The van der Waals surface area contributed by atoms with Crippen molar-refractivity contribution in [2.45, 2.75) is 20.8 Å². The minimum absolute atomic E-state index is 0.153. The van der Waals surface area contributed by atoms with Gasteiger partial charge in [0, 0.05) is 21.1 Å². The molecule has 4 rings (SSSR count). The van der Waals surface area contributed by atoms with Crippen LogP contribution in [0.2, 0.25) is 0 Å². The third kappa shape index (κ3) is 3.30. The van der Waals surface area contributed by atoms with E-state index >= 15 is 0 Å². The summed E-state index contributed by atoms with van der Waals surface area (Å²) < 4.78 is 2.37. The Hall–Kier alpha value is -2.79. The van der Waals surface area contributed by atoms with Gasteiger partial charge < -0.3 is 0 Å². The highest BCUT2D eigenvalue weighted by Gasteiger charge is 2.18. The summed E-state index contributed by atoms with van der Waals surface area (Å²) in [5.74, 6) is -0.153. The second-order valence-corrected chi connectivity index (χ2v) is 7.64. The zero-order chi connectivity index (χ0) is 19.1. The highest BCUT2D eigenvalue weighted by molar-refractivity contribution is 9.10. The maximum Gasteiger partial charge on any atom is 0.279 e. The van der Waals surface area contributed by atoms with Gasteiger partial charge in [0.2, 0.25) is 0 Å². The number of rotatable bonds is 2. The van der Waals surface area contributed by atoms with Gasteiger partial charge in [-0.15, -0.1) is 0 Å². The number of halogens is 1. The second-order valence-electron chi connectivity index (χ2n) is 6.73. The number of benzene rings is 2. The molecular weight excluding hydrogens is 402 g/mol. The van der Waals surface area contributed by atoms with E-state index in [1.54, 1.807) is 0 Å². The van der Waals surface area contributed by atoms with Gasteiger partial charge in [0.25, 0.3) is 5.91 Å². The Balaban J connectivity index is 1.96. The van der Waals surface area contributed by atoms with Gasteiger partial charge in [0.1, 0.15) is 0 Å². The number of fused-ring (bicyclic) bond motifs is 1. The lowest BCUT2D eigenvalue weighted by Crippen LogP contribution is -2.16. The van der Waals surface area contributed by atoms with E-state index in [4.69, 9.17) is 4.98 Å².